The average Bonchev–Trinajstić information content (AvgIpc) is 3.28. The Kier molecular flexibility index (Phi) is 8.21. The van der Waals surface area contributed by atoms with Gasteiger partial charge in [-0.05, 0) is 25.5 Å². The zero-order valence-electron chi connectivity index (χ0n) is 17.1. The van der Waals surface area contributed by atoms with Crippen LogP contribution in [0.25, 0.3) is 0 Å². The minimum Gasteiger partial charge on any atom is -0.496 e. The molecule has 1 aromatic carbocycles. The van der Waals surface area contributed by atoms with E-state index in [1.807, 2.05) is 11.8 Å². The fraction of sp³-hybridized carbons (Fsp3) is 0.600. The van der Waals surface area contributed by atoms with Crippen molar-refractivity contribution in [2.75, 3.05) is 27.2 Å². The summed E-state index contributed by atoms with van der Waals surface area (Å²) < 4.78 is 11.4. The Morgan fingerprint density at radius 1 is 1.43 bits per heavy atom. The van der Waals surface area contributed by atoms with Gasteiger partial charge in [0.2, 0.25) is 5.91 Å². The highest BCUT2D eigenvalue weighted by Crippen LogP contribution is 2.34. The molecular weight excluding hydrogens is 471 g/mol. The van der Waals surface area contributed by atoms with E-state index in [9.17, 15) is 4.79 Å². The first-order valence-electron chi connectivity index (χ1n) is 9.65. The largest absolute Gasteiger partial charge is 0.496 e. The molecule has 7 nitrogen and oxygen atoms in total. The SMILES string of the molecule is CCC(=O)N1CCC(NC(=NC)NCc2cc3c(cc2OC)CC(C)O3)C1.I. The second kappa shape index (κ2) is 10.2. The molecule has 2 aliphatic rings. The number of carbonyl (C=O) groups excluding carboxylic acids is 1. The Hall–Kier alpha value is -1.71. The van der Waals surface area contributed by atoms with Gasteiger partial charge in [-0.25, -0.2) is 0 Å². The Balaban J connectivity index is 0.00000280. The lowest BCUT2D eigenvalue weighted by molar-refractivity contribution is -0.129. The van der Waals surface area contributed by atoms with E-state index in [1.54, 1.807) is 14.2 Å². The van der Waals surface area contributed by atoms with Crippen LogP contribution in [-0.2, 0) is 17.8 Å². The number of fused-ring (bicyclic) bond motifs is 1. The number of carbonyl (C=O) groups is 1. The van der Waals surface area contributed by atoms with Gasteiger partial charge in [0.1, 0.15) is 17.6 Å². The summed E-state index contributed by atoms with van der Waals surface area (Å²) in [6, 6.07) is 4.34. The first-order chi connectivity index (χ1) is 13.0. The minimum absolute atomic E-state index is 0. The first kappa shape index (κ1) is 22.6. The summed E-state index contributed by atoms with van der Waals surface area (Å²) in [7, 11) is 3.44. The van der Waals surface area contributed by atoms with E-state index in [0.717, 1.165) is 49.0 Å². The second-order valence-electron chi connectivity index (χ2n) is 7.15. The van der Waals surface area contributed by atoms with Crippen molar-refractivity contribution in [3.63, 3.8) is 0 Å². The molecule has 2 aliphatic heterocycles. The smallest absolute Gasteiger partial charge is 0.222 e. The molecule has 1 amide bonds. The number of likely N-dealkylation sites (tertiary alicyclic amines) is 1. The van der Waals surface area contributed by atoms with E-state index >= 15 is 0 Å². The molecule has 28 heavy (non-hydrogen) atoms. The normalized spacial score (nSPS) is 20.9. The van der Waals surface area contributed by atoms with Crippen molar-refractivity contribution in [2.24, 2.45) is 4.99 Å². The predicted molar refractivity (Wildman–Crippen MR) is 121 cm³/mol. The Labute approximate surface area is 184 Å². The van der Waals surface area contributed by atoms with Crippen LogP contribution in [0, 0.1) is 0 Å². The lowest BCUT2D eigenvalue weighted by Gasteiger charge is -2.19. The van der Waals surface area contributed by atoms with Gasteiger partial charge in [-0.2, -0.15) is 0 Å². The fourth-order valence-corrected chi connectivity index (χ4v) is 3.70. The summed E-state index contributed by atoms with van der Waals surface area (Å²) in [4.78, 5) is 18.1. The topological polar surface area (TPSA) is 75.2 Å². The van der Waals surface area contributed by atoms with Crippen LogP contribution < -0.4 is 20.1 Å². The van der Waals surface area contributed by atoms with E-state index in [4.69, 9.17) is 9.47 Å². The van der Waals surface area contributed by atoms with Gasteiger partial charge in [0.25, 0.3) is 0 Å². The molecule has 0 spiro atoms. The molecule has 1 aromatic rings. The highest BCUT2D eigenvalue weighted by Gasteiger charge is 2.26. The van der Waals surface area contributed by atoms with Gasteiger partial charge in [-0.15, -0.1) is 24.0 Å². The number of nitrogens with zero attached hydrogens (tertiary/aromatic N) is 2. The number of methoxy groups -OCH3 is 1. The van der Waals surface area contributed by atoms with E-state index in [2.05, 4.69) is 34.7 Å². The number of halogens is 1. The maximum Gasteiger partial charge on any atom is 0.222 e. The molecule has 3 rings (SSSR count). The maximum absolute atomic E-state index is 11.8. The number of hydrogen-bond donors (Lipinski definition) is 2. The maximum atomic E-state index is 11.8. The fourth-order valence-electron chi connectivity index (χ4n) is 3.70. The molecule has 2 heterocycles. The Morgan fingerprint density at radius 3 is 2.89 bits per heavy atom. The van der Waals surface area contributed by atoms with Crippen molar-refractivity contribution in [1.29, 1.82) is 0 Å². The average molecular weight is 502 g/mol. The van der Waals surface area contributed by atoms with E-state index < -0.39 is 0 Å². The molecule has 0 saturated carbocycles. The van der Waals surface area contributed by atoms with Crippen LogP contribution in [0.2, 0.25) is 0 Å². The zero-order chi connectivity index (χ0) is 19.4. The molecule has 156 valence electrons. The highest BCUT2D eigenvalue weighted by molar-refractivity contribution is 14.0. The van der Waals surface area contributed by atoms with E-state index in [-0.39, 0.29) is 42.0 Å². The van der Waals surface area contributed by atoms with Crippen LogP contribution in [0.5, 0.6) is 11.5 Å². The molecule has 2 N–H and O–H groups in total. The molecule has 1 saturated heterocycles. The van der Waals surface area contributed by atoms with Gasteiger partial charge >= 0.3 is 0 Å². The Bertz CT molecular complexity index is 726. The minimum atomic E-state index is 0. The van der Waals surface area contributed by atoms with Gasteiger partial charge in [0, 0.05) is 56.7 Å². The number of benzene rings is 1. The van der Waals surface area contributed by atoms with Crippen LogP contribution in [-0.4, -0.2) is 56.2 Å². The van der Waals surface area contributed by atoms with E-state index in [0.29, 0.717) is 13.0 Å². The standard InChI is InChI=1S/C20H30N4O3.HI/c1-5-19(25)24-7-6-16(12-24)23-20(21-3)22-11-15-10-18-14(8-13(2)27-18)9-17(15)26-4;/h9-10,13,16H,5-8,11-12H2,1-4H3,(H2,21,22,23);1H. The number of hydrogen-bond acceptors (Lipinski definition) is 4. The van der Waals surface area contributed by atoms with Crippen LogP contribution >= 0.6 is 24.0 Å². The van der Waals surface area contributed by atoms with Crippen molar-refractivity contribution >= 4 is 35.8 Å². The lowest BCUT2D eigenvalue weighted by atomic mass is 10.1. The Morgan fingerprint density at radius 2 is 2.21 bits per heavy atom. The van der Waals surface area contributed by atoms with Crippen molar-refractivity contribution in [3.8, 4) is 11.5 Å². The molecule has 2 unspecified atom stereocenters. The quantitative estimate of drug-likeness (QED) is 0.368. The summed E-state index contributed by atoms with van der Waals surface area (Å²) >= 11 is 0. The summed E-state index contributed by atoms with van der Waals surface area (Å²) in [5.41, 5.74) is 2.22. The third kappa shape index (κ3) is 5.21. The van der Waals surface area contributed by atoms with Crippen molar-refractivity contribution < 1.29 is 14.3 Å². The molecular formula is C20H31IN4O3. The molecule has 2 atom stereocenters. The van der Waals surface area contributed by atoms with Crippen LogP contribution in [0.3, 0.4) is 0 Å². The van der Waals surface area contributed by atoms with Crippen molar-refractivity contribution in [2.45, 2.75) is 51.8 Å². The first-order valence-corrected chi connectivity index (χ1v) is 9.65. The van der Waals surface area contributed by atoms with Crippen LogP contribution in [0.4, 0.5) is 0 Å². The highest BCUT2D eigenvalue weighted by atomic mass is 127. The van der Waals surface area contributed by atoms with Gasteiger partial charge in [0.15, 0.2) is 5.96 Å². The van der Waals surface area contributed by atoms with Gasteiger partial charge in [-0.1, -0.05) is 6.92 Å². The third-order valence-corrected chi connectivity index (χ3v) is 5.15. The van der Waals surface area contributed by atoms with Gasteiger partial charge in [0.05, 0.1) is 7.11 Å². The number of rotatable bonds is 5. The molecule has 1 fully saturated rings. The monoisotopic (exact) mass is 502 g/mol. The lowest BCUT2D eigenvalue weighted by Crippen LogP contribution is -2.44. The number of ether oxygens (including phenoxy) is 2. The number of amides is 1. The van der Waals surface area contributed by atoms with Crippen molar-refractivity contribution in [3.05, 3.63) is 23.3 Å². The zero-order valence-corrected chi connectivity index (χ0v) is 19.4. The van der Waals surface area contributed by atoms with Gasteiger partial charge in [-0.3, -0.25) is 9.79 Å². The van der Waals surface area contributed by atoms with Gasteiger partial charge < -0.3 is 25.0 Å². The number of aliphatic imine (C=N–C) groups is 1. The van der Waals surface area contributed by atoms with Crippen molar-refractivity contribution in [1.82, 2.24) is 15.5 Å². The summed E-state index contributed by atoms with van der Waals surface area (Å²) in [6.45, 7) is 6.08. The van der Waals surface area contributed by atoms with Crippen LogP contribution in [0.1, 0.15) is 37.8 Å². The molecule has 0 radical (unpaired) electrons. The van der Waals surface area contributed by atoms with E-state index in [1.165, 1.54) is 5.56 Å². The summed E-state index contributed by atoms with van der Waals surface area (Å²) in [5, 5.41) is 6.76. The van der Waals surface area contributed by atoms with Crippen LogP contribution in [0.15, 0.2) is 17.1 Å². The molecule has 0 aliphatic carbocycles. The third-order valence-electron chi connectivity index (χ3n) is 5.15. The number of nitrogens with one attached hydrogen (secondary N) is 2. The summed E-state index contributed by atoms with van der Waals surface area (Å²) in [5.74, 6) is 2.73. The molecule has 8 heteroatoms. The predicted octanol–water partition coefficient (Wildman–Crippen LogP) is 2.31. The molecule has 0 bridgehead atoms. The summed E-state index contributed by atoms with van der Waals surface area (Å²) in [6.07, 6.45) is 2.61. The second-order valence-corrected chi connectivity index (χ2v) is 7.15. The number of guanidine groups is 1. The molecule has 0 aromatic heterocycles.